The van der Waals surface area contributed by atoms with E-state index in [0.29, 0.717) is 12.8 Å². The Balaban J connectivity index is 1.89. The van der Waals surface area contributed by atoms with Gasteiger partial charge in [-0.1, -0.05) is 42.8 Å². The zero-order valence-corrected chi connectivity index (χ0v) is 11.4. The van der Waals surface area contributed by atoms with E-state index >= 15 is 0 Å². The molecule has 1 fully saturated rings. The summed E-state index contributed by atoms with van der Waals surface area (Å²) in [5.41, 5.74) is 0.919. The normalized spacial score (nSPS) is 19.2. The molecule has 3 heteroatoms. The van der Waals surface area contributed by atoms with Crippen molar-refractivity contribution in [1.82, 2.24) is 0 Å². The fourth-order valence-electron chi connectivity index (χ4n) is 2.43. The number of carbonyl (C=O) groups is 3. The van der Waals surface area contributed by atoms with E-state index in [0.717, 1.165) is 18.4 Å². The number of benzene rings is 1. The van der Waals surface area contributed by atoms with E-state index in [-0.39, 0.29) is 23.8 Å². The molecule has 0 radical (unpaired) electrons. The fraction of sp³-hybridized carbons (Fsp3) is 0.353. The first kappa shape index (κ1) is 14.4. The second-order valence-corrected chi connectivity index (χ2v) is 5.12. The minimum atomic E-state index is -0.544. The fourth-order valence-corrected chi connectivity index (χ4v) is 2.43. The molecular weight excluding hydrogens is 252 g/mol. The molecule has 0 spiro atoms. The van der Waals surface area contributed by atoms with Crippen molar-refractivity contribution in [3.63, 3.8) is 0 Å². The van der Waals surface area contributed by atoms with Crippen molar-refractivity contribution in [3.05, 3.63) is 42.0 Å². The van der Waals surface area contributed by atoms with Gasteiger partial charge >= 0.3 is 0 Å². The maximum absolute atomic E-state index is 12.0. The molecule has 1 unspecified atom stereocenters. The lowest BCUT2D eigenvalue weighted by atomic mass is 9.83. The van der Waals surface area contributed by atoms with Gasteiger partial charge in [0.05, 0.1) is 12.3 Å². The van der Waals surface area contributed by atoms with Crippen molar-refractivity contribution < 1.29 is 14.4 Å². The van der Waals surface area contributed by atoms with Gasteiger partial charge in [0.15, 0.2) is 11.6 Å². The SMILES string of the molecule is O=C(C=Cc1ccccc1)CC(=O)C1CCCCC1=O. The first-order valence-corrected chi connectivity index (χ1v) is 6.98. The molecule has 3 nitrogen and oxygen atoms in total. The molecule has 1 aliphatic rings. The van der Waals surface area contributed by atoms with Crippen LogP contribution in [0.1, 0.15) is 37.7 Å². The maximum atomic E-state index is 12.0. The summed E-state index contributed by atoms with van der Waals surface area (Å²) in [6, 6.07) is 9.44. The number of ketones is 3. The lowest BCUT2D eigenvalue weighted by Crippen LogP contribution is -2.28. The second kappa shape index (κ2) is 6.94. The summed E-state index contributed by atoms with van der Waals surface area (Å²) in [4.78, 5) is 35.4. The summed E-state index contributed by atoms with van der Waals surface area (Å²) in [6.07, 6.45) is 5.79. The van der Waals surface area contributed by atoms with Gasteiger partial charge in [0.1, 0.15) is 5.78 Å². The molecule has 0 amide bonds. The van der Waals surface area contributed by atoms with Crippen molar-refractivity contribution >= 4 is 23.4 Å². The van der Waals surface area contributed by atoms with Gasteiger partial charge in [-0.2, -0.15) is 0 Å². The Morgan fingerprint density at radius 3 is 2.60 bits per heavy atom. The molecule has 0 aliphatic heterocycles. The van der Waals surface area contributed by atoms with Gasteiger partial charge in [-0.15, -0.1) is 0 Å². The molecule has 1 aromatic carbocycles. The molecule has 104 valence electrons. The van der Waals surface area contributed by atoms with Crippen molar-refractivity contribution in [2.45, 2.75) is 32.1 Å². The topological polar surface area (TPSA) is 51.2 Å². The highest BCUT2D eigenvalue weighted by atomic mass is 16.2. The third kappa shape index (κ3) is 3.98. The van der Waals surface area contributed by atoms with Crippen LogP contribution in [0, 0.1) is 5.92 Å². The quantitative estimate of drug-likeness (QED) is 0.610. The minimum absolute atomic E-state index is 0.00101. The highest BCUT2D eigenvalue weighted by Gasteiger charge is 2.29. The molecule has 2 rings (SSSR count). The summed E-state index contributed by atoms with van der Waals surface area (Å²) >= 11 is 0. The maximum Gasteiger partial charge on any atom is 0.163 e. The first-order valence-electron chi connectivity index (χ1n) is 6.98. The average Bonchev–Trinajstić information content (AvgIpc) is 2.46. The van der Waals surface area contributed by atoms with Crippen molar-refractivity contribution in [1.29, 1.82) is 0 Å². The van der Waals surface area contributed by atoms with Crippen molar-refractivity contribution in [2.75, 3.05) is 0 Å². The molecule has 20 heavy (non-hydrogen) atoms. The van der Waals surface area contributed by atoms with Crippen molar-refractivity contribution in [2.24, 2.45) is 5.92 Å². The van der Waals surface area contributed by atoms with E-state index in [1.807, 2.05) is 30.3 Å². The molecular formula is C17H18O3. The molecule has 0 saturated heterocycles. The zero-order valence-electron chi connectivity index (χ0n) is 11.4. The average molecular weight is 270 g/mol. The van der Waals surface area contributed by atoms with Crippen LogP contribution in [0.25, 0.3) is 6.08 Å². The Hall–Kier alpha value is -2.03. The van der Waals surface area contributed by atoms with Gasteiger partial charge in [-0.25, -0.2) is 0 Å². The molecule has 1 aromatic rings. The van der Waals surface area contributed by atoms with Crippen LogP contribution in [0.2, 0.25) is 0 Å². The standard InChI is InChI=1S/C17H18O3/c18-14(11-10-13-6-2-1-3-7-13)12-17(20)15-8-4-5-9-16(15)19/h1-3,6-7,10-11,15H,4-5,8-9,12H2. The molecule has 0 N–H and O–H groups in total. The van der Waals surface area contributed by atoms with Gasteiger partial charge < -0.3 is 0 Å². The Bertz CT molecular complexity index is 528. The number of carbonyl (C=O) groups excluding carboxylic acids is 3. The van der Waals surface area contributed by atoms with E-state index in [2.05, 4.69) is 0 Å². The van der Waals surface area contributed by atoms with E-state index in [4.69, 9.17) is 0 Å². The Morgan fingerprint density at radius 2 is 1.90 bits per heavy atom. The van der Waals surface area contributed by atoms with Crippen LogP contribution in [0.5, 0.6) is 0 Å². The summed E-state index contributed by atoms with van der Waals surface area (Å²) in [6.45, 7) is 0. The van der Waals surface area contributed by atoms with Crippen LogP contribution < -0.4 is 0 Å². The van der Waals surface area contributed by atoms with Crippen LogP contribution in [0.15, 0.2) is 36.4 Å². The third-order valence-corrected chi connectivity index (χ3v) is 3.55. The number of hydrogen-bond acceptors (Lipinski definition) is 3. The van der Waals surface area contributed by atoms with Gasteiger partial charge in [0.2, 0.25) is 0 Å². The Labute approximate surface area is 118 Å². The monoisotopic (exact) mass is 270 g/mol. The van der Waals surface area contributed by atoms with E-state index in [1.165, 1.54) is 6.08 Å². The van der Waals surface area contributed by atoms with Gasteiger partial charge in [-0.05, 0) is 24.5 Å². The molecule has 1 atom stereocenters. The van der Waals surface area contributed by atoms with Crippen LogP contribution in [-0.2, 0) is 14.4 Å². The predicted molar refractivity (Wildman–Crippen MR) is 77.1 cm³/mol. The highest BCUT2D eigenvalue weighted by Crippen LogP contribution is 2.22. The molecule has 0 heterocycles. The number of rotatable bonds is 5. The van der Waals surface area contributed by atoms with E-state index < -0.39 is 5.92 Å². The van der Waals surface area contributed by atoms with Crippen LogP contribution in [0.4, 0.5) is 0 Å². The summed E-state index contributed by atoms with van der Waals surface area (Å²) in [5, 5.41) is 0. The number of allylic oxidation sites excluding steroid dienone is 1. The number of hydrogen-bond donors (Lipinski definition) is 0. The minimum Gasteiger partial charge on any atom is -0.299 e. The zero-order chi connectivity index (χ0) is 14.4. The molecule has 1 aliphatic carbocycles. The number of Topliss-reactive ketones (excluding diaryl/α,β-unsaturated/α-hetero) is 2. The smallest absolute Gasteiger partial charge is 0.163 e. The second-order valence-electron chi connectivity index (χ2n) is 5.12. The van der Waals surface area contributed by atoms with E-state index in [9.17, 15) is 14.4 Å². The lowest BCUT2D eigenvalue weighted by molar-refractivity contribution is -0.135. The van der Waals surface area contributed by atoms with Crippen LogP contribution in [0.3, 0.4) is 0 Å². The van der Waals surface area contributed by atoms with Crippen LogP contribution >= 0.6 is 0 Å². The van der Waals surface area contributed by atoms with E-state index in [1.54, 1.807) is 6.08 Å². The van der Waals surface area contributed by atoms with Gasteiger partial charge in [0.25, 0.3) is 0 Å². The van der Waals surface area contributed by atoms with Crippen LogP contribution in [-0.4, -0.2) is 17.3 Å². The lowest BCUT2D eigenvalue weighted by Gasteiger charge is -2.18. The largest absolute Gasteiger partial charge is 0.299 e. The Kier molecular flexibility index (Phi) is 4.99. The van der Waals surface area contributed by atoms with Gasteiger partial charge in [-0.3, -0.25) is 14.4 Å². The third-order valence-electron chi connectivity index (χ3n) is 3.55. The van der Waals surface area contributed by atoms with Crippen molar-refractivity contribution in [3.8, 4) is 0 Å². The Morgan fingerprint density at radius 1 is 1.15 bits per heavy atom. The highest BCUT2D eigenvalue weighted by molar-refractivity contribution is 6.12. The van der Waals surface area contributed by atoms with Gasteiger partial charge in [0, 0.05) is 6.42 Å². The summed E-state index contributed by atoms with van der Waals surface area (Å²) < 4.78 is 0. The molecule has 0 bridgehead atoms. The molecule has 1 saturated carbocycles. The first-order chi connectivity index (χ1) is 9.66. The molecule has 0 aromatic heterocycles. The summed E-state index contributed by atoms with van der Waals surface area (Å²) in [7, 11) is 0. The summed E-state index contributed by atoms with van der Waals surface area (Å²) in [5.74, 6) is -1.01. The predicted octanol–water partition coefficient (Wildman–Crippen LogP) is 2.99.